The summed E-state index contributed by atoms with van der Waals surface area (Å²) >= 11 is 1.45. The molecular formula is C24H23N3O4S. The van der Waals surface area contributed by atoms with Crippen LogP contribution in [0.15, 0.2) is 60.7 Å². The van der Waals surface area contributed by atoms with Gasteiger partial charge in [0, 0.05) is 30.1 Å². The number of hydrogen-bond donors (Lipinski definition) is 3. The van der Waals surface area contributed by atoms with Crippen LogP contribution in [-0.2, 0) is 11.3 Å². The topological polar surface area (TPSA) is 103 Å². The van der Waals surface area contributed by atoms with Crippen LogP contribution >= 0.6 is 11.3 Å². The maximum atomic E-state index is 12.6. The standard InChI is InChI=1S/C24H23N3O4S/c1-15-11-20(14-27-12-17(13-27)24(29)30)32-21(15)22(25)26-23(28)16-7-9-19(10-8-16)31-18-5-3-2-4-6-18/h2-11,17H,12-14H2,1H3,(H,29,30)(H2,25,26,28). The summed E-state index contributed by atoms with van der Waals surface area (Å²) in [6.07, 6.45) is 0. The molecule has 0 unspecified atom stereocenters. The Hall–Kier alpha value is -3.49. The summed E-state index contributed by atoms with van der Waals surface area (Å²) in [6, 6.07) is 18.1. The summed E-state index contributed by atoms with van der Waals surface area (Å²) in [6.45, 7) is 3.64. The number of carboxylic acids is 1. The molecule has 0 bridgehead atoms. The fourth-order valence-electron chi connectivity index (χ4n) is 3.49. The van der Waals surface area contributed by atoms with E-state index < -0.39 is 5.97 Å². The molecule has 0 spiro atoms. The first-order valence-corrected chi connectivity index (χ1v) is 11.0. The second kappa shape index (κ2) is 9.33. The Balaban J connectivity index is 1.34. The van der Waals surface area contributed by atoms with Gasteiger partial charge in [0.2, 0.25) is 0 Å². The van der Waals surface area contributed by atoms with Crippen molar-refractivity contribution < 1.29 is 19.4 Å². The third kappa shape index (κ3) is 5.04. The van der Waals surface area contributed by atoms with Crippen molar-refractivity contribution in [1.29, 1.82) is 5.41 Å². The fourth-order valence-corrected chi connectivity index (χ4v) is 4.61. The molecule has 8 heteroatoms. The van der Waals surface area contributed by atoms with Crippen LogP contribution in [0.2, 0.25) is 0 Å². The van der Waals surface area contributed by atoms with Gasteiger partial charge in [-0.05, 0) is 55.0 Å². The first kappa shape index (κ1) is 21.7. The van der Waals surface area contributed by atoms with E-state index in [9.17, 15) is 9.59 Å². The van der Waals surface area contributed by atoms with Crippen LogP contribution in [0.25, 0.3) is 0 Å². The van der Waals surface area contributed by atoms with Crippen LogP contribution in [-0.4, -0.2) is 40.8 Å². The molecule has 1 aromatic heterocycles. The molecule has 3 aromatic rings. The number of carbonyl (C=O) groups is 2. The molecule has 7 nitrogen and oxygen atoms in total. The number of amides is 1. The number of para-hydroxylation sites is 1. The second-order valence-electron chi connectivity index (χ2n) is 7.72. The van der Waals surface area contributed by atoms with Gasteiger partial charge in [-0.15, -0.1) is 11.3 Å². The predicted octanol–water partition coefficient (Wildman–Crippen LogP) is 4.12. The Morgan fingerprint density at radius 1 is 1.12 bits per heavy atom. The van der Waals surface area contributed by atoms with E-state index in [-0.39, 0.29) is 17.7 Å². The van der Waals surface area contributed by atoms with Gasteiger partial charge in [0.05, 0.1) is 10.8 Å². The molecule has 1 saturated heterocycles. The van der Waals surface area contributed by atoms with Gasteiger partial charge in [0.15, 0.2) is 0 Å². The summed E-state index contributed by atoms with van der Waals surface area (Å²) < 4.78 is 5.74. The number of amidine groups is 1. The Morgan fingerprint density at radius 3 is 2.44 bits per heavy atom. The van der Waals surface area contributed by atoms with Crippen LogP contribution in [0.4, 0.5) is 0 Å². The van der Waals surface area contributed by atoms with Gasteiger partial charge in [-0.1, -0.05) is 18.2 Å². The minimum atomic E-state index is -0.756. The summed E-state index contributed by atoms with van der Waals surface area (Å²) in [5.74, 6) is -0.0149. The lowest BCUT2D eigenvalue weighted by Gasteiger charge is -2.36. The number of nitrogens with zero attached hydrogens (tertiary/aromatic N) is 1. The van der Waals surface area contributed by atoms with Crippen LogP contribution in [0.3, 0.4) is 0 Å². The zero-order chi connectivity index (χ0) is 22.7. The Kier molecular flexibility index (Phi) is 6.34. The van der Waals surface area contributed by atoms with Crippen molar-refractivity contribution in [2.24, 2.45) is 5.92 Å². The molecule has 32 heavy (non-hydrogen) atoms. The third-order valence-electron chi connectivity index (χ3n) is 5.22. The minimum Gasteiger partial charge on any atom is -0.481 e. The summed E-state index contributed by atoms with van der Waals surface area (Å²) in [5, 5.41) is 20.0. The highest BCUT2D eigenvalue weighted by atomic mass is 32.1. The molecule has 0 aliphatic carbocycles. The molecule has 2 heterocycles. The van der Waals surface area contributed by atoms with Gasteiger partial charge in [-0.3, -0.25) is 19.9 Å². The Morgan fingerprint density at radius 2 is 1.78 bits per heavy atom. The van der Waals surface area contributed by atoms with Crippen LogP contribution in [0.1, 0.15) is 25.7 Å². The molecule has 164 valence electrons. The molecule has 1 amide bonds. The van der Waals surface area contributed by atoms with Gasteiger partial charge < -0.3 is 15.2 Å². The highest BCUT2D eigenvalue weighted by Crippen LogP contribution is 2.27. The average Bonchev–Trinajstić information content (AvgIpc) is 3.11. The first-order valence-electron chi connectivity index (χ1n) is 10.2. The SMILES string of the molecule is Cc1cc(CN2CC(C(=O)O)C2)sc1C(=N)NC(=O)c1ccc(Oc2ccccc2)cc1. The number of thiophene rings is 1. The van der Waals surface area contributed by atoms with E-state index in [0.717, 1.165) is 10.4 Å². The highest BCUT2D eigenvalue weighted by Gasteiger charge is 2.32. The Bertz CT molecular complexity index is 1140. The number of aliphatic carboxylic acids is 1. The van der Waals surface area contributed by atoms with Crippen molar-refractivity contribution in [2.45, 2.75) is 13.5 Å². The quantitative estimate of drug-likeness (QED) is 0.372. The van der Waals surface area contributed by atoms with Gasteiger partial charge in [0.25, 0.3) is 5.91 Å². The number of carboxylic acid groups (broad SMARTS) is 1. The molecular weight excluding hydrogens is 426 g/mol. The van der Waals surface area contributed by atoms with Gasteiger partial charge in [-0.25, -0.2) is 0 Å². The molecule has 1 aliphatic rings. The number of ether oxygens (including phenoxy) is 1. The van der Waals surface area contributed by atoms with Crippen LogP contribution < -0.4 is 10.1 Å². The third-order valence-corrected chi connectivity index (χ3v) is 6.46. The monoisotopic (exact) mass is 449 g/mol. The number of nitrogens with one attached hydrogen (secondary N) is 2. The van der Waals surface area contributed by atoms with Crippen LogP contribution in [0.5, 0.6) is 11.5 Å². The lowest BCUT2D eigenvalue weighted by molar-refractivity contribution is -0.147. The van der Waals surface area contributed by atoms with E-state index in [1.165, 1.54) is 11.3 Å². The van der Waals surface area contributed by atoms with E-state index in [2.05, 4.69) is 10.2 Å². The van der Waals surface area contributed by atoms with E-state index in [1.54, 1.807) is 24.3 Å². The van der Waals surface area contributed by atoms with Gasteiger partial charge in [-0.2, -0.15) is 0 Å². The summed E-state index contributed by atoms with van der Waals surface area (Å²) in [7, 11) is 0. The molecule has 1 aliphatic heterocycles. The number of rotatable bonds is 7. The predicted molar refractivity (Wildman–Crippen MR) is 123 cm³/mol. The number of benzene rings is 2. The van der Waals surface area contributed by atoms with Crippen molar-refractivity contribution >= 4 is 29.0 Å². The molecule has 1 fully saturated rings. The molecule has 0 saturated carbocycles. The smallest absolute Gasteiger partial charge is 0.309 e. The Labute approximate surface area is 189 Å². The van der Waals surface area contributed by atoms with E-state index in [1.807, 2.05) is 43.3 Å². The number of aryl methyl sites for hydroxylation is 1. The lowest BCUT2D eigenvalue weighted by atomic mass is 10.0. The van der Waals surface area contributed by atoms with Gasteiger partial charge >= 0.3 is 5.97 Å². The lowest BCUT2D eigenvalue weighted by Crippen LogP contribution is -2.49. The van der Waals surface area contributed by atoms with Crippen LogP contribution in [0, 0.1) is 18.3 Å². The largest absolute Gasteiger partial charge is 0.481 e. The fraction of sp³-hybridized carbons (Fsp3) is 0.208. The molecule has 0 radical (unpaired) electrons. The molecule has 2 aromatic carbocycles. The zero-order valence-electron chi connectivity index (χ0n) is 17.5. The summed E-state index contributed by atoms with van der Waals surface area (Å²) in [5.41, 5.74) is 1.35. The maximum Gasteiger partial charge on any atom is 0.309 e. The molecule has 0 atom stereocenters. The number of likely N-dealkylation sites (tertiary alicyclic amines) is 1. The molecule has 3 N–H and O–H groups in total. The van der Waals surface area contributed by atoms with Crippen molar-refractivity contribution in [2.75, 3.05) is 13.1 Å². The first-order chi connectivity index (χ1) is 15.4. The maximum absolute atomic E-state index is 12.6. The van der Waals surface area contributed by atoms with Crippen molar-refractivity contribution in [3.05, 3.63) is 81.5 Å². The minimum absolute atomic E-state index is 0.0559. The van der Waals surface area contributed by atoms with Crippen molar-refractivity contribution in [3.8, 4) is 11.5 Å². The molecule has 4 rings (SSSR count). The normalized spacial score (nSPS) is 13.9. The van der Waals surface area contributed by atoms with Crippen molar-refractivity contribution in [1.82, 2.24) is 10.2 Å². The summed E-state index contributed by atoms with van der Waals surface area (Å²) in [4.78, 5) is 27.4. The van der Waals surface area contributed by atoms with E-state index in [4.69, 9.17) is 15.3 Å². The van der Waals surface area contributed by atoms with E-state index >= 15 is 0 Å². The van der Waals surface area contributed by atoms with Gasteiger partial charge in [0.1, 0.15) is 17.3 Å². The zero-order valence-corrected chi connectivity index (χ0v) is 18.3. The number of carbonyl (C=O) groups excluding carboxylic acids is 1. The van der Waals surface area contributed by atoms with Crippen molar-refractivity contribution in [3.63, 3.8) is 0 Å². The average molecular weight is 450 g/mol. The highest BCUT2D eigenvalue weighted by molar-refractivity contribution is 7.14. The van der Waals surface area contributed by atoms with E-state index in [0.29, 0.717) is 41.6 Å². The second-order valence-corrected chi connectivity index (χ2v) is 8.86. The number of hydrogen-bond acceptors (Lipinski definition) is 6.